The lowest BCUT2D eigenvalue weighted by molar-refractivity contribution is -0.119. The number of aryl methyl sites for hydroxylation is 1. The minimum atomic E-state index is -0.654. The van der Waals surface area contributed by atoms with E-state index in [0.717, 1.165) is 5.56 Å². The summed E-state index contributed by atoms with van der Waals surface area (Å²) in [7, 11) is 0. The van der Waals surface area contributed by atoms with Crippen LogP contribution in [0.25, 0.3) is 0 Å². The van der Waals surface area contributed by atoms with E-state index in [0.29, 0.717) is 24.1 Å². The van der Waals surface area contributed by atoms with Gasteiger partial charge in [-0.2, -0.15) is 0 Å². The van der Waals surface area contributed by atoms with E-state index >= 15 is 0 Å². The highest BCUT2D eigenvalue weighted by Crippen LogP contribution is 2.24. The molecule has 1 aliphatic heterocycles. The lowest BCUT2D eigenvalue weighted by Gasteiger charge is -2.17. The van der Waals surface area contributed by atoms with Crippen molar-refractivity contribution in [2.75, 3.05) is 23.8 Å². The van der Waals surface area contributed by atoms with Gasteiger partial charge in [-0.3, -0.25) is 9.59 Å². The lowest BCUT2D eigenvalue weighted by atomic mass is 10.0. The number of esters is 2. The molecular formula is C21H20N2O6. The number of ether oxygens (including phenoxy) is 2. The number of nitrogens with one attached hydrogen (secondary N) is 2. The quantitative estimate of drug-likeness (QED) is 0.726. The van der Waals surface area contributed by atoms with Crippen molar-refractivity contribution in [1.82, 2.24) is 0 Å². The number of hydrogen-bond donors (Lipinski definition) is 2. The zero-order chi connectivity index (χ0) is 20.8. The van der Waals surface area contributed by atoms with E-state index in [1.165, 1.54) is 12.1 Å². The van der Waals surface area contributed by atoms with Gasteiger partial charge in [-0.05, 0) is 49.2 Å². The molecule has 1 heterocycles. The first-order chi connectivity index (χ1) is 14.0. The third-order valence-corrected chi connectivity index (χ3v) is 4.27. The highest BCUT2D eigenvalue weighted by atomic mass is 16.5. The zero-order valence-electron chi connectivity index (χ0n) is 15.8. The number of amides is 2. The normalized spacial score (nSPS) is 12.4. The summed E-state index contributed by atoms with van der Waals surface area (Å²) in [5, 5.41) is 5.28. The smallest absolute Gasteiger partial charge is 0.340 e. The highest BCUT2D eigenvalue weighted by molar-refractivity contribution is 6.02. The first kappa shape index (κ1) is 20.1. The third-order valence-electron chi connectivity index (χ3n) is 4.27. The van der Waals surface area contributed by atoms with E-state index in [9.17, 15) is 19.2 Å². The highest BCUT2D eigenvalue weighted by Gasteiger charge is 2.19. The van der Waals surface area contributed by atoms with Gasteiger partial charge in [0, 0.05) is 12.1 Å². The van der Waals surface area contributed by atoms with Crippen LogP contribution in [0.15, 0.2) is 42.5 Å². The van der Waals surface area contributed by atoms with Crippen molar-refractivity contribution in [3.63, 3.8) is 0 Å². The van der Waals surface area contributed by atoms with Gasteiger partial charge < -0.3 is 20.1 Å². The molecule has 150 valence electrons. The maximum atomic E-state index is 12.2. The van der Waals surface area contributed by atoms with Crippen molar-refractivity contribution < 1.29 is 28.7 Å². The van der Waals surface area contributed by atoms with Crippen LogP contribution >= 0.6 is 0 Å². The van der Waals surface area contributed by atoms with Gasteiger partial charge in [0.05, 0.1) is 23.4 Å². The fraction of sp³-hybridized carbons (Fsp3) is 0.238. The number of benzene rings is 2. The molecule has 0 bridgehead atoms. The molecule has 2 amide bonds. The molecule has 0 radical (unpaired) electrons. The molecule has 2 aromatic rings. The Kier molecular flexibility index (Phi) is 6.23. The Hall–Kier alpha value is -3.68. The maximum absolute atomic E-state index is 12.2. The third kappa shape index (κ3) is 4.98. The van der Waals surface area contributed by atoms with E-state index in [1.54, 1.807) is 37.3 Å². The molecule has 2 N–H and O–H groups in total. The summed E-state index contributed by atoms with van der Waals surface area (Å²) in [6, 6.07) is 11.2. The molecule has 2 aromatic carbocycles. The summed E-state index contributed by atoms with van der Waals surface area (Å²) in [5.74, 6) is -1.85. The van der Waals surface area contributed by atoms with Crippen LogP contribution in [0.5, 0.6) is 0 Å². The van der Waals surface area contributed by atoms with Crippen LogP contribution in [0.3, 0.4) is 0 Å². The van der Waals surface area contributed by atoms with E-state index in [4.69, 9.17) is 9.47 Å². The Morgan fingerprint density at radius 1 is 1.03 bits per heavy atom. The number of para-hydroxylation sites is 1. The number of fused-ring (bicyclic) bond motifs is 1. The molecule has 0 saturated heterocycles. The first-order valence-electron chi connectivity index (χ1n) is 9.14. The van der Waals surface area contributed by atoms with E-state index in [-0.39, 0.29) is 23.8 Å². The second-order valence-corrected chi connectivity index (χ2v) is 6.31. The Morgan fingerprint density at radius 3 is 2.62 bits per heavy atom. The molecule has 0 fully saturated rings. The van der Waals surface area contributed by atoms with Crippen molar-refractivity contribution >= 4 is 35.1 Å². The molecule has 8 nitrogen and oxygen atoms in total. The van der Waals surface area contributed by atoms with E-state index < -0.39 is 24.5 Å². The van der Waals surface area contributed by atoms with E-state index in [1.807, 2.05) is 0 Å². The van der Waals surface area contributed by atoms with Crippen LogP contribution in [-0.4, -0.2) is 37.0 Å². The van der Waals surface area contributed by atoms with Gasteiger partial charge in [0.15, 0.2) is 6.61 Å². The van der Waals surface area contributed by atoms with Gasteiger partial charge in [0.1, 0.15) is 0 Å². The second-order valence-electron chi connectivity index (χ2n) is 6.31. The van der Waals surface area contributed by atoms with Crippen LogP contribution in [-0.2, 0) is 25.5 Å². The SMILES string of the molecule is CCOC(=O)c1ccccc1NC(=O)COC(=O)c1ccc2c(c1)CCC(=O)N2. The van der Waals surface area contributed by atoms with Crippen molar-refractivity contribution in [1.29, 1.82) is 0 Å². The van der Waals surface area contributed by atoms with Crippen LogP contribution in [0.2, 0.25) is 0 Å². The minimum Gasteiger partial charge on any atom is -0.462 e. The standard InChI is InChI=1S/C21H20N2O6/c1-2-28-21(27)15-5-3-4-6-17(15)23-19(25)12-29-20(26)14-7-9-16-13(11-14)8-10-18(24)22-16/h3-7,9,11H,2,8,10,12H2,1H3,(H,22,24)(H,23,25). The summed E-state index contributed by atoms with van der Waals surface area (Å²) in [6.45, 7) is 1.39. The van der Waals surface area contributed by atoms with Crippen molar-refractivity contribution in [3.8, 4) is 0 Å². The monoisotopic (exact) mass is 396 g/mol. The molecule has 0 aliphatic carbocycles. The Labute approximate surface area is 167 Å². The minimum absolute atomic E-state index is 0.0624. The van der Waals surface area contributed by atoms with Gasteiger partial charge in [-0.25, -0.2) is 9.59 Å². The fourth-order valence-corrected chi connectivity index (χ4v) is 2.89. The largest absolute Gasteiger partial charge is 0.462 e. The molecule has 0 saturated carbocycles. The number of hydrogen-bond acceptors (Lipinski definition) is 6. The number of rotatable bonds is 6. The summed E-state index contributed by atoms with van der Waals surface area (Å²) >= 11 is 0. The number of carbonyl (C=O) groups is 4. The molecule has 29 heavy (non-hydrogen) atoms. The molecule has 0 aromatic heterocycles. The maximum Gasteiger partial charge on any atom is 0.340 e. The van der Waals surface area contributed by atoms with Gasteiger partial charge in [-0.1, -0.05) is 12.1 Å². The predicted molar refractivity (Wildman–Crippen MR) is 105 cm³/mol. The average molecular weight is 396 g/mol. The van der Waals surface area contributed by atoms with Gasteiger partial charge in [-0.15, -0.1) is 0 Å². The molecule has 8 heteroatoms. The zero-order valence-corrected chi connectivity index (χ0v) is 15.8. The molecule has 1 aliphatic rings. The Morgan fingerprint density at radius 2 is 1.83 bits per heavy atom. The second kappa shape index (κ2) is 9.01. The molecule has 0 atom stereocenters. The van der Waals surface area contributed by atoms with E-state index in [2.05, 4.69) is 10.6 Å². The van der Waals surface area contributed by atoms with Crippen molar-refractivity contribution in [2.45, 2.75) is 19.8 Å². The Bertz CT molecular complexity index is 969. The number of anilines is 2. The molecule has 0 spiro atoms. The van der Waals surface area contributed by atoms with Crippen LogP contribution in [0.4, 0.5) is 11.4 Å². The number of carbonyl (C=O) groups excluding carboxylic acids is 4. The van der Waals surface area contributed by atoms with Gasteiger partial charge >= 0.3 is 11.9 Å². The topological polar surface area (TPSA) is 111 Å². The van der Waals surface area contributed by atoms with Crippen LogP contribution in [0, 0.1) is 0 Å². The molecular weight excluding hydrogens is 376 g/mol. The molecule has 3 rings (SSSR count). The summed E-state index contributed by atoms with van der Waals surface area (Å²) in [6.07, 6.45) is 0.890. The molecule has 0 unspecified atom stereocenters. The van der Waals surface area contributed by atoms with Gasteiger partial charge in [0.2, 0.25) is 5.91 Å². The summed E-state index contributed by atoms with van der Waals surface area (Å²) in [5.41, 5.74) is 2.29. The van der Waals surface area contributed by atoms with Gasteiger partial charge in [0.25, 0.3) is 5.91 Å². The van der Waals surface area contributed by atoms with Crippen LogP contribution in [0.1, 0.15) is 39.6 Å². The fourth-order valence-electron chi connectivity index (χ4n) is 2.89. The average Bonchev–Trinajstić information content (AvgIpc) is 2.72. The van der Waals surface area contributed by atoms with Crippen molar-refractivity contribution in [2.24, 2.45) is 0 Å². The first-order valence-corrected chi connectivity index (χ1v) is 9.14. The Balaban J connectivity index is 1.59. The lowest BCUT2D eigenvalue weighted by Crippen LogP contribution is -2.23. The summed E-state index contributed by atoms with van der Waals surface area (Å²) < 4.78 is 10.0. The summed E-state index contributed by atoms with van der Waals surface area (Å²) in [4.78, 5) is 47.8. The van der Waals surface area contributed by atoms with Crippen molar-refractivity contribution in [3.05, 3.63) is 59.2 Å². The predicted octanol–water partition coefficient (Wildman–Crippen LogP) is 2.54. The van der Waals surface area contributed by atoms with Crippen LogP contribution < -0.4 is 10.6 Å².